The molecule has 2 aromatic rings. The maximum atomic E-state index is 11.7. The Bertz CT molecular complexity index is 921. The molecule has 1 aromatic heterocycles. The van der Waals surface area contributed by atoms with Crippen molar-refractivity contribution in [2.24, 2.45) is 0 Å². The van der Waals surface area contributed by atoms with Crippen LogP contribution in [0.5, 0.6) is 5.75 Å². The Hall–Kier alpha value is -2.54. The van der Waals surface area contributed by atoms with Gasteiger partial charge in [0.1, 0.15) is 16.9 Å². The van der Waals surface area contributed by atoms with Crippen LogP contribution in [0, 0.1) is 0 Å². The Labute approximate surface area is 161 Å². The van der Waals surface area contributed by atoms with Crippen LogP contribution in [0.1, 0.15) is 30.9 Å². The van der Waals surface area contributed by atoms with Crippen molar-refractivity contribution in [1.82, 2.24) is 15.1 Å². The first-order valence-electron chi connectivity index (χ1n) is 9.04. The fourth-order valence-electron chi connectivity index (χ4n) is 3.73. The molecule has 2 aliphatic rings. The zero-order chi connectivity index (χ0) is 19.0. The fraction of sp³-hybridized carbons (Fsp3) is 0.421. The van der Waals surface area contributed by atoms with E-state index in [9.17, 15) is 9.59 Å². The lowest BCUT2D eigenvalue weighted by molar-refractivity contribution is -0.130. The average molecular weight is 389 g/mol. The van der Waals surface area contributed by atoms with Crippen molar-refractivity contribution in [3.05, 3.63) is 50.9 Å². The second kappa shape index (κ2) is 7.23. The molecule has 0 spiro atoms. The number of fused-ring (bicyclic) bond motifs is 1. The third-order valence-corrected chi connectivity index (χ3v) is 5.60. The number of aromatic nitrogens is 2. The predicted octanol–water partition coefficient (Wildman–Crippen LogP) is 2.33. The molecular formula is C19H21ClN4O3. The standard InChI is InChI=1S/C19H21ClN4O3/c1-12(25)23-7-5-14(6-8-23)27-17-4-2-3-13-10-24(11-15(13)17)16-9-21-22-19(26)18(16)20/h2-4,9,14H,5-8,10-11H2,1H3,(H,22,26). The number of H-pyrrole nitrogens is 1. The smallest absolute Gasteiger partial charge is 0.285 e. The number of hydrogen-bond acceptors (Lipinski definition) is 5. The summed E-state index contributed by atoms with van der Waals surface area (Å²) in [4.78, 5) is 27.1. The molecule has 0 atom stereocenters. The first-order valence-corrected chi connectivity index (χ1v) is 9.42. The van der Waals surface area contributed by atoms with E-state index in [1.807, 2.05) is 21.9 Å². The number of halogens is 1. The molecule has 4 rings (SSSR count). The normalized spacial score (nSPS) is 17.1. The molecule has 0 saturated carbocycles. The number of aromatic amines is 1. The minimum atomic E-state index is -0.390. The molecule has 3 heterocycles. The molecule has 1 fully saturated rings. The van der Waals surface area contributed by atoms with Crippen LogP contribution >= 0.6 is 11.6 Å². The van der Waals surface area contributed by atoms with E-state index in [0.29, 0.717) is 18.8 Å². The van der Waals surface area contributed by atoms with E-state index in [4.69, 9.17) is 16.3 Å². The van der Waals surface area contributed by atoms with E-state index in [-0.39, 0.29) is 22.6 Å². The van der Waals surface area contributed by atoms with Crippen LogP contribution in [0.3, 0.4) is 0 Å². The maximum absolute atomic E-state index is 11.7. The third kappa shape index (κ3) is 3.51. The van der Waals surface area contributed by atoms with Crippen molar-refractivity contribution in [2.45, 2.75) is 39.0 Å². The highest BCUT2D eigenvalue weighted by molar-refractivity contribution is 6.33. The van der Waals surface area contributed by atoms with Gasteiger partial charge in [-0.3, -0.25) is 9.59 Å². The van der Waals surface area contributed by atoms with Gasteiger partial charge < -0.3 is 14.5 Å². The molecule has 1 amide bonds. The van der Waals surface area contributed by atoms with E-state index in [0.717, 1.165) is 42.8 Å². The summed E-state index contributed by atoms with van der Waals surface area (Å²) in [6.45, 7) is 4.34. The Morgan fingerprint density at radius 3 is 2.81 bits per heavy atom. The molecule has 0 bridgehead atoms. The Morgan fingerprint density at radius 1 is 1.30 bits per heavy atom. The molecule has 1 aromatic carbocycles. The van der Waals surface area contributed by atoms with Gasteiger partial charge in [-0.2, -0.15) is 5.10 Å². The number of carbonyl (C=O) groups is 1. The second-order valence-electron chi connectivity index (χ2n) is 6.97. The van der Waals surface area contributed by atoms with E-state index in [1.54, 1.807) is 13.1 Å². The topological polar surface area (TPSA) is 78.5 Å². The number of carbonyl (C=O) groups excluding carboxylic acids is 1. The summed E-state index contributed by atoms with van der Waals surface area (Å²) in [7, 11) is 0. The quantitative estimate of drug-likeness (QED) is 0.873. The van der Waals surface area contributed by atoms with Gasteiger partial charge in [-0.05, 0) is 11.6 Å². The van der Waals surface area contributed by atoms with E-state index < -0.39 is 0 Å². The van der Waals surface area contributed by atoms with Gasteiger partial charge in [0.15, 0.2) is 0 Å². The predicted molar refractivity (Wildman–Crippen MR) is 102 cm³/mol. The molecule has 1 N–H and O–H groups in total. The number of ether oxygens (including phenoxy) is 1. The van der Waals surface area contributed by atoms with Crippen molar-refractivity contribution >= 4 is 23.2 Å². The summed E-state index contributed by atoms with van der Waals surface area (Å²) < 4.78 is 6.28. The van der Waals surface area contributed by atoms with Gasteiger partial charge in [-0.25, -0.2) is 5.10 Å². The first-order chi connectivity index (χ1) is 13.0. The van der Waals surface area contributed by atoms with Crippen LogP contribution in [0.4, 0.5) is 5.69 Å². The highest BCUT2D eigenvalue weighted by Crippen LogP contribution is 2.36. The largest absolute Gasteiger partial charge is 0.490 e. The molecule has 0 radical (unpaired) electrons. The number of rotatable bonds is 3. The summed E-state index contributed by atoms with van der Waals surface area (Å²) in [5, 5.41) is 6.36. The second-order valence-corrected chi connectivity index (χ2v) is 7.35. The van der Waals surface area contributed by atoms with Gasteiger partial charge in [-0.15, -0.1) is 0 Å². The highest BCUT2D eigenvalue weighted by Gasteiger charge is 2.27. The molecule has 142 valence electrons. The number of amides is 1. The van der Waals surface area contributed by atoms with Crippen LogP contribution in [0.15, 0.2) is 29.2 Å². The fourth-order valence-corrected chi connectivity index (χ4v) is 3.95. The van der Waals surface area contributed by atoms with Gasteiger partial charge in [0.05, 0.1) is 11.9 Å². The average Bonchev–Trinajstić information content (AvgIpc) is 3.09. The molecule has 7 nitrogen and oxygen atoms in total. The SMILES string of the molecule is CC(=O)N1CCC(Oc2cccc3c2CN(c2cn[nH]c(=O)c2Cl)C3)CC1. The minimum absolute atomic E-state index is 0.103. The summed E-state index contributed by atoms with van der Waals surface area (Å²) >= 11 is 6.16. The third-order valence-electron chi connectivity index (χ3n) is 5.24. The van der Waals surface area contributed by atoms with Crippen molar-refractivity contribution in [2.75, 3.05) is 18.0 Å². The number of nitrogens with one attached hydrogen (secondary N) is 1. The Morgan fingerprint density at radius 2 is 2.07 bits per heavy atom. The van der Waals surface area contributed by atoms with Gasteiger partial charge in [-0.1, -0.05) is 23.7 Å². The summed E-state index contributed by atoms with van der Waals surface area (Å²) in [5.74, 6) is 0.984. The van der Waals surface area contributed by atoms with Gasteiger partial charge in [0.2, 0.25) is 5.91 Å². The lowest BCUT2D eigenvalue weighted by atomic mass is 10.1. The van der Waals surface area contributed by atoms with Crippen molar-refractivity contribution in [1.29, 1.82) is 0 Å². The van der Waals surface area contributed by atoms with Crippen molar-refractivity contribution in [3.8, 4) is 5.75 Å². The van der Waals surface area contributed by atoms with E-state index in [2.05, 4.69) is 16.3 Å². The molecule has 27 heavy (non-hydrogen) atoms. The first kappa shape index (κ1) is 17.9. The monoisotopic (exact) mass is 388 g/mol. The molecule has 0 unspecified atom stereocenters. The zero-order valence-electron chi connectivity index (χ0n) is 15.1. The summed E-state index contributed by atoms with van der Waals surface area (Å²) in [6, 6.07) is 6.03. The number of anilines is 1. The number of piperidine rings is 1. The molecule has 2 aliphatic heterocycles. The van der Waals surface area contributed by atoms with Crippen molar-refractivity contribution < 1.29 is 9.53 Å². The van der Waals surface area contributed by atoms with E-state index >= 15 is 0 Å². The van der Waals surface area contributed by atoms with Crippen LogP contribution < -0.4 is 15.2 Å². The molecule has 8 heteroatoms. The molecular weight excluding hydrogens is 368 g/mol. The lowest BCUT2D eigenvalue weighted by Crippen LogP contribution is -2.40. The van der Waals surface area contributed by atoms with Crippen molar-refractivity contribution in [3.63, 3.8) is 0 Å². The molecule has 1 saturated heterocycles. The Kier molecular flexibility index (Phi) is 4.78. The summed E-state index contributed by atoms with van der Waals surface area (Å²) in [6.07, 6.45) is 3.34. The minimum Gasteiger partial charge on any atom is -0.490 e. The number of nitrogens with zero attached hydrogens (tertiary/aromatic N) is 3. The van der Waals surface area contributed by atoms with E-state index in [1.165, 1.54) is 0 Å². The van der Waals surface area contributed by atoms with Crippen LogP contribution in [0.2, 0.25) is 5.02 Å². The van der Waals surface area contributed by atoms with Gasteiger partial charge in [0.25, 0.3) is 5.56 Å². The number of hydrogen-bond donors (Lipinski definition) is 1. The van der Waals surface area contributed by atoms with Crippen LogP contribution in [0.25, 0.3) is 0 Å². The zero-order valence-corrected chi connectivity index (χ0v) is 15.8. The van der Waals surface area contributed by atoms with Gasteiger partial charge in [0, 0.05) is 51.5 Å². The Balaban J connectivity index is 1.50. The summed E-state index contributed by atoms with van der Waals surface area (Å²) in [5.41, 5.74) is 2.50. The number of likely N-dealkylation sites (tertiary alicyclic amines) is 1. The highest BCUT2D eigenvalue weighted by atomic mass is 35.5. The lowest BCUT2D eigenvalue weighted by Gasteiger charge is -2.32. The molecule has 0 aliphatic carbocycles. The maximum Gasteiger partial charge on any atom is 0.285 e. The van der Waals surface area contributed by atoms with Crippen LogP contribution in [-0.2, 0) is 17.9 Å². The van der Waals surface area contributed by atoms with Gasteiger partial charge >= 0.3 is 0 Å². The van der Waals surface area contributed by atoms with Crippen LogP contribution in [-0.4, -0.2) is 40.2 Å². The number of benzene rings is 1.